The van der Waals surface area contributed by atoms with Crippen molar-refractivity contribution in [1.82, 2.24) is 9.78 Å². The number of nitrogen functional groups attached to an aromatic ring is 1. The molecule has 0 aliphatic heterocycles. The normalized spacial score (nSPS) is 10.7. The minimum atomic E-state index is 0.734. The van der Waals surface area contributed by atoms with Crippen molar-refractivity contribution < 1.29 is 0 Å². The lowest BCUT2D eigenvalue weighted by molar-refractivity contribution is 0.575. The minimum Gasteiger partial charge on any atom is -0.399 e. The molecule has 1 heterocycles. The lowest BCUT2D eigenvalue weighted by Crippen LogP contribution is -2.00. The van der Waals surface area contributed by atoms with Crippen LogP contribution in [0, 0.1) is 6.92 Å². The van der Waals surface area contributed by atoms with Gasteiger partial charge in [0.25, 0.3) is 0 Å². The Morgan fingerprint density at radius 3 is 2.59 bits per heavy atom. The summed E-state index contributed by atoms with van der Waals surface area (Å²) >= 11 is 5.95. The van der Waals surface area contributed by atoms with Crippen LogP contribution < -0.4 is 5.73 Å². The first-order valence-electron chi connectivity index (χ1n) is 5.69. The van der Waals surface area contributed by atoms with E-state index in [4.69, 9.17) is 17.3 Å². The molecule has 0 spiro atoms. The molecule has 90 valence electrons. The van der Waals surface area contributed by atoms with Gasteiger partial charge in [-0.25, -0.2) is 0 Å². The summed E-state index contributed by atoms with van der Waals surface area (Å²) in [4.78, 5) is 0. The molecule has 0 aliphatic carbocycles. The first-order chi connectivity index (χ1) is 8.15. The predicted molar refractivity (Wildman–Crippen MR) is 71.1 cm³/mol. The Morgan fingerprint density at radius 1 is 1.29 bits per heavy atom. The van der Waals surface area contributed by atoms with Gasteiger partial charge in [-0.2, -0.15) is 5.10 Å². The lowest BCUT2D eigenvalue weighted by atomic mass is 10.1. The third kappa shape index (κ3) is 3.24. The molecule has 3 nitrogen and oxygen atoms in total. The number of rotatable bonds is 4. The van der Waals surface area contributed by atoms with Crippen molar-refractivity contribution in [2.24, 2.45) is 0 Å². The summed E-state index contributed by atoms with van der Waals surface area (Å²) in [7, 11) is 0. The fourth-order valence-electron chi connectivity index (χ4n) is 1.74. The molecule has 0 fully saturated rings. The first-order valence-corrected chi connectivity index (χ1v) is 6.07. The summed E-state index contributed by atoms with van der Waals surface area (Å²) in [5, 5.41) is 5.05. The maximum Gasteiger partial charge on any atom is 0.0814 e. The number of hydrogen-bond donors (Lipinski definition) is 1. The third-order valence-corrected chi connectivity index (χ3v) is 3.09. The molecule has 0 atom stereocenters. The quantitative estimate of drug-likeness (QED) is 0.847. The molecule has 0 bridgehead atoms. The molecule has 1 aromatic carbocycles. The number of aryl methyl sites for hydroxylation is 3. The van der Waals surface area contributed by atoms with Gasteiger partial charge < -0.3 is 5.73 Å². The van der Waals surface area contributed by atoms with E-state index in [1.165, 1.54) is 5.56 Å². The van der Waals surface area contributed by atoms with Gasteiger partial charge in [0.15, 0.2) is 0 Å². The van der Waals surface area contributed by atoms with E-state index in [0.717, 1.165) is 35.8 Å². The number of nitrogens with zero attached hydrogens (tertiary/aromatic N) is 2. The van der Waals surface area contributed by atoms with Crippen LogP contribution in [0.25, 0.3) is 0 Å². The highest BCUT2D eigenvalue weighted by molar-refractivity contribution is 6.31. The SMILES string of the molecule is Cc1nn(CCCc2ccc(N)cc2)cc1Cl. The summed E-state index contributed by atoms with van der Waals surface area (Å²) in [6.45, 7) is 2.80. The molecule has 0 saturated carbocycles. The molecule has 2 N–H and O–H groups in total. The van der Waals surface area contributed by atoms with E-state index in [-0.39, 0.29) is 0 Å². The Bertz CT molecular complexity index is 468. The van der Waals surface area contributed by atoms with Gasteiger partial charge in [-0.1, -0.05) is 23.7 Å². The molecule has 0 radical (unpaired) electrons. The number of nitrogens with two attached hydrogens (primary N) is 1. The second kappa shape index (κ2) is 5.23. The Hall–Kier alpha value is -1.48. The summed E-state index contributed by atoms with van der Waals surface area (Å²) in [6, 6.07) is 8.00. The van der Waals surface area contributed by atoms with Crippen molar-refractivity contribution in [3.8, 4) is 0 Å². The largest absolute Gasteiger partial charge is 0.399 e. The van der Waals surface area contributed by atoms with Crippen LogP contribution in [0.4, 0.5) is 5.69 Å². The number of halogens is 1. The maximum atomic E-state index is 5.95. The lowest BCUT2D eigenvalue weighted by Gasteiger charge is -2.02. The van der Waals surface area contributed by atoms with Gasteiger partial charge in [-0.05, 0) is 37.5 Å². The van der Waals surface area contributed by atoms with Crippen LogP contribution in [0.2, 0.25) is 5.02 Å². The summed E-state index contributed by atoms with van der Waals surface area (Å²) in [5.41, 5.74) is 8.63. The maximum absolute atomic E-state index is 5.95. The highest BCUT2D eigenvalue weighted by Gasteiger charge is 2.01. The zero-order valence-electron chi connectivity index (χ0n) is 9.86. The molecule has 0 saturated heterocycles. The third-order valence-electron chi connectivity index (χ3n) is 2.72. The van der Waals surface area contributed by atoms with Crippen LogP contribution in [0.3, 0.4) is 0 Å². The molecule has 17 heavy (non-hydrogen) atoms. The number of benzene rings is 1. The standard InChI is InChI=1S/C13H16ClN3/c1-10-13(14)9-17(16-10)8-2-3-11-4-6-12(15)7-5-11/h4-7,9H,2-3,8,15H2,1H3. The smallest absolute Gasteiger partial charge is 0.0814 e. The van der Waals surface area contributed by atoms with Crippen LogP contribution in [-0.4, -0.2) is 9.78 Å². The number of aromatic nitrogens is 2. The average Bonchev–Trinajstić information content (AvgIpc) is 2.61. The average molecular weight is 250 g/mol. The van der Waals surface area contributed by atoms with Crippen LogP contribution >= 0.6 is 11.6 Å². The van der Waals surface area contributed by atoms with E-state index in [1.807, 2.05) is 29.9 Å². The van der Waals surface area contributed by atoms with Gasteiger partial charge in [-0.15, -0.1) is 0 Å². The molecular weight excluding hydrogens is 234 g/mol. The van der Waals surface area contributed by atoms with Crippen molar-refractivity contribution in [2.75, 3.05) is 5.73 Å². The van der Waals surface area contributed by atoms with E-state index < -0.39 is 0 Å². The summed E-state index contributed by atoms with van der Waals surface area (Å²) in [6.07, 6.45) is 3.94. The van der Waals surface area contributed by atoms with E-state index in [2.05, 4.69) is 17.2 Å². The Morgan fingerprint density at radius 2 is 2.00 bits per heavy atom. The van der Waals surface area contributed by atoms with Gasteiger partial charge in [-0.3, -0.25) is 4.68 Å². The van der Waals surface area contributed by atoms with Crippen molar-refractivity contribution in [3.63, 3.8) is 0 Å². The van der Waals surface area contributed by atoms with Crippen LogP contribution in [0.15, 0.2) is 30.5 Å². The zero-order valence-corrected chi connectivity index (χ0v) is 10.6. The van der Waals surface area contributed by atoms with E-state index in [9.17, 15) is 0 Å². The van der Waals surface area contributed by atoms with Gasteiger partial charge >= 0.3 is 0 Å². The molecule has 0 amide bonds. The van der Waals surface area contributed by atoms with Crippen molar-refractivity contribution in [3.05, 3.63) is 46.7 Å². The Labute approximate surface area is 106 Å². The fourth-order valence-corrected chi connectivity index (χ4v) is 1.89. The predicted octanol–water partition coefficient (Wildman–Crippen LogP) is 3.06. The molecule has 0 aliphatic rings. The van der Waals surface area contributed by atoms with Crippen LogP contribution in [-0.2, 0) is 13.0 Å². The number of hydrogen-bond acceptors (Lipinski definition) is 2. The highest BCUT2D eigenvalue weighted by Crippen LogP contribution is 2.13. The number of anilines is 1. The fraction of sp³-hybridized carbons (Fsp3) is 0.308. The minimum absolute atomic E-state index is 0.734. The molecule has 1 aromatic heterocycles. The van der Waals surface area contributed by atoms with Crippen molar-refractivity contribution in [1.29, 1.82) is 0 Å². The van der Waals surface area contributed by atoms with E-state index in [0.29, 0.717) is 0 Å². The van der Waals surface area contributed by atoms with Crippen molar-refractivity contribution >= 4 is 17.3 Å². The van der Waals surface area contributed by atoms with Gasteiger partial charge in [0.1, 0.15) is 0 Å². The second-order valence-corrected chi connectivity index (χ2v) is 4.58. The van der Waals surface area contributed by atoms with Gasteiger partial charge in [0.05, 0.1) is 10.7 Å². The van der Waals surface area contributed by atoms with E-state index in [1.54, 1.807) is 0 Å². The monoisotopic (exact) mass is 249 g/mol. The second-order valence-electron chi connectivity index (χ2n) is 4.17. The molecule has 0 unspecified atom stereocenters. The molecule has 2 rings (SSSR count). The highest BCUT2D eigenvalue weighted by atomic mass is 35.5. The van der Waals surface area contributed by atoms with Gasteiger partial charge in [0, 0.05) is 18.4 Å². The Kier molecular flexibility index (Phi) is 3.69. The van der Waals surface area contributed by atoms with Crippen molar-refractivity contribution in [2.45, 2.75) is 26.3 Å². The first kappa shape index (κ1) is 12.0. The van der Waals surface area contributed by atoms with Crippen LogP contribution in [0.5, 0.6) is 0 Å². The van der Waals surface area contributed by atoms with Crippen LogP contribution in [0.1, 0.15) is 17.7 Å². The molecular formula is C13H16ClN3. The molecule has 4 heteroatoms. The zero-order chi connectivity index (χ0) is 12.3. The summed E-state index contributed by atoms with van der Waals surface area (Å²) < 4.78 is 1.90. The summed E-state index contributed by atoms with van der Waals surface area (Å²) in [5.74, 6) is 0. The topological polar surface area (TPSA) is 43.8 Å². The van der Waals surface area contributed by atoms with E-state index >= 15 is 0 Å². The van der Waals surface area contributed by atoms with Gasteiger partial charge in [0.2, 0.25) is 0 Å². The molecule has 2 aromatic rings. The Balaban J connectivity index is 1.85.